The molecule has 31 heavy (non-hydrogen) atoms. The number of carbonyl (C=O) groups is 1. The van der Waals surface area contributed by atoms with Crippen LogP contribution in [0.2, 0.25) is 5.15 Å². The first kappa shape index (κ1) is 21.2. The van der Waals surface area contributed by atoms with Crippen molar-refractivity contribution in [2.75, 3.05) is 10.0 Å². The van der Waals surface area contributed by atoms with Crippen LogP contribution in [-0.4, -0.2) is 24.3 Å². The van der Waals surface area contributed by atoms with E-state index in [1.54, 1.807) is 24.4 Å². The molecule has 0 aliphatic heterocycles. The number of nitrogens with one attached hydrogen (secondary N) is 2. The summed E-state index contributed by atoms with van der Waals surface area (Å²) in [6.07, 6.45) is 1.57. The highest BCUT2D eigenvalue weighted by atomic mass is 35.5. The molecular formula is C21H17ClN4O3S2. The van der Waals surface area contributed by atoms with Crippen LogP contribution in [0.1, 0.15) is 12.5 Å². The molecule has 2 aromatic carbocycles. The van der Waals surface area contributed by atoms with Crippen molar-refractivity contribution in [2.24, 2.45) is 0 Å². The number of hydrogen-bond donors (Lipinski definition) is 2. The molecule has 7 nitrogen and oxygen atoms in total. The van der Waals surface area contributed by atoms with Gasteiger partial charge < -0.3 is 5.32 Å². The molecule has 0 saturated carbocycles. The van der Waals surface area contributed by atoms with Crippen molar-refractivity contribution in [3.63, 3.8) is 0 Å². The second kappa shape index (κ2) is 8.26. The third-order valence-electron chi connectivity index (χ3n) is 4.42. The Kier molecular flexibility index (Phi) is 5.65. The Bertz CT molecular complexity index is 1400. The minimum Gasteiger partial charge on any atom is -0.302 e. The van der Waals surface area contributed by atoms with E-state index in [-0.39, 0.29) is 21.6 Å². The van der Waals surface area contributed by atoms with Crippen LogP contribution in [0.4, 0.5) is 10.8 Å². The molecule has 0 bridgehead atoms. The molecule has 0 fully saturated rings. The number of sulfonamides is 1. The lowest BCUT2D eigenvalue weighted by Crippen LogP contribution is -2.13. The largest absolute Gasteiger partial charge is 0.302 e. The minimum atomic E-state index is -3.82. The van der Waals surface area contributed by atoms with Crippen LogP contribution in [0.5, 0.6) is 0 Å². The van der Waals surface area contributed by atoms with Crippen molar-refractivity contribution < 1.29 is 13.2 Å². The summed E-state index contributed by atoms with van der Waals surface area (Å²) in [6, 6.07) is 13.7. The normalized spacial score (nSPS) is 11.5. The smallest absolute Gasteiger partial charge is 0.261 e. The van der Waals surface area contributed by atoms with E-state index in [4.69, 9.17) is 11.6 Å². The lowest BCUT2D eigenvalue weighted by molar-refractivity contribution is -0.114. The molecule has 2 heterocycles. The van der Waals surface area contributed by atoms with Gasteiger partial charge in [-0.05, 0) is 42.8 Å². The standard InChI is InChI=1S/C21H17ClN4O3S2/c1-12-3-6-16(7-4-12)31(28,29)26-18-9-15(11-23-20(18)22)14-5-8-17-19(10-14)30-21(25-17)24-13(2)27/h3-11,26H,1-2H3,(H,24,25,27). The highest BCUT2D eigenvalue weighted by Gasteiger charge is 2.17. The Labute approximate surface area is 188 Å². The quantitative estimate of drug-likeness (QED) is 0.394. The molecule has 158 valence electrons. The molecule has 0 aliphatic carbocycles. The Morgan fingerprint density at radius 3 is 2.52 bits per heavy atom. The number of aromatic nitrogens is 2. The fraction of sp³-hybridized carbons (Fsp3) is 0.0952. The Hall–Kier alpha value is -3.01. The van der Waals surface area contributed by atoms with Gasteiger partial charge in [-0.25, -0.2) is 18.4 Å². The molecule has 0 atom stereocenters. The Morgan fingerprint density at radius 1 is 1.06 bits per heavy atom. The first-order chi connectivity index (χ1) is 14.7. The van der Waals surface area contributed by atoms with Crippen LogP contribution in [0, 0.1) is 6.92 Å². The van der Waals surface area contributed by atoms with E-state index in [1.165, 1.54) is 30.4 Å². The monoisotopic (exact) mass is 472 g/mol. The van der Waals surface area contributed by atoms with E-state index >= 15 is 0 Å². The Balaban J connectivity index is 1.67. The zero-order valence-corrected chi connectivity index (χ0v) is 18.9. The van der Waals surface area contributed by atoms with E-state index in [9.17, 15) is 13.2 Å². The number of halogens is 1. The van der Waals surface area contributed by atoms with E-state index in [2.05, 4.69) is 20.0 Å². The van der Waals surface area contributed by atoms with Gasteiger partial charge in [0.25, 0.3) is 10.0 Å². The first-order valence-corrected chi connectivity index (χ1v) is 11.8. The summed E-state index contributed by atoms with van der Waals surface area (Å²) in [5.41, 5.74) is 3.39. The second-order valence-corrected chi connectivity index (χ2v) is 9.93. The molecule has 2 N–H and O–H groups in total. The number of fused-ring (bicyclic) bond motifs is 1. The highest BCUT2D eigenvalue weighted by molar-refractivity contribution is 7.92. The summed E-state index contributed by atoms with van der Waals surface area (Å²) >= 11 is 7.51. The van der Waals surface area contributed by atoms with E-state index in [0.717, 1.165) is 21.3 Å². The number of pyridine rings is 1. The van der Waals surface area contributed by atoms with Crippen LogP contribution >= 0.6 is 22.9 Å². The average Bonchev–Trinajstić information content (AvgIpc) is 3.10. The second-order valence-electron chi connectivity index (χ2n) is 6.86. The van der Waals surface area contributed by atoms with Crippen LogP contribution in [-0.2, 0) is 14.8 Å². The number of amides is 1. The summed E-state index contributed by atoms with van der Waals surface area (Å²) in [6.45, 7) is 3.31. The van der Waals surface area contributed by atoms with Gasteiger partial charge in [0.1, 0.15) is 0 Å². The number of thiazole rings is 1. The molecule has 0 aliphatic rings. The van der Waals surface area contributed by atoms with Gasteiger partial charge >= 0.3 is 0 Å². The van der Waals surface area contributed by atoms with Gasteiger partial charge in [0.05, 0.1) is 20.8 Å². The van der Waals surface area contributed by atoms with Gasteiger partial charge in [0.15, 0.2) is 10.3 Å². The maximum Gasteiger partial charge on any atom is 0.261 e. The van der Waals surface area contributed by atoms with Crippen molar-refractivity contribution in [3.05, 3.63) is 65.4 Å². The molecule has 1 amide bonds. The van der Waals surface area contributed by atoms with Crippen LogP contribution in [0.25, 0.3) is 21.3 Å². The highest BCUT2D eigenvalue weighted by Crippen LogP contribution is 2.33. The van der Waals surface area contributed by atoms with Gasteiger partial charge in [-0.3, -0.25) is 9.52 Å². The topological polar surface area (TPSA) is 101 Å². The molecule has 0 saturated heterocycles. The lowest BCUT2D eigenvalue weighted by Gasteiger charge is -2.11. The average molecular weight is 473 g/mol. The van der Waals surface area contributed by atoms with Crippen LogP contribution in [0.3, 0.4) is 0 Å². The molecule has 0 spiro atoms. The lowest BCUT2D eigenvalue weighted by atomic mass is 10.1. The van der Waals surface area contributed by atoms with Crippen LogP contribution < -0.4 is 10.0 Å². The molecule has 0 unspecified atom stereocenters. The fourth-order valence-corrected chi connectivity index (χ4v) is 5.12. The summed E-state index contributed by atoms with van der Waals surface area (Å²) < 4.78 is 28.9. The van der Waals surface area contributed by atoms with Crippen LogP contribution in [0.15, 0.2) is 59.6 Å². The molecule has 10 heteroatoms. The number of anilines is 2. The number of nitrogens with zero attached hydrogens (tertiary/aromatic N) is 2. The van der Waals surface area contributed by atoms with E-state index < -0.39 is 10.0 Å². The van der Waals surface area contributed by atoms with Gasteiger partial charge in [0, 0.05) is 18.7 Å². The zero-order chi connectivity index (χ0) is 22.2. The number of carbonyl (C=O) groups excluding carboxylic acids is 1. The third kappa shape index (κ3) is 4.68. The SMILES string of the molecule is CC(=O)Nc1nc2ccc(-c3cnc(Cl)c(NS(=O)(=O)c4ccc(C)cc4)c3)cc2s1. The molecule has 4 rings (SSSR count). The molecule has 4 aromatic rings. The molecule has 2 aromatic heterocycles. The van der Waals surface area contributed by atoms with Gasteiger partial charge in [0.2, 0.25) is 5.91 Å². The van der Waals surface area contributed by atoms with Gasteiger partial charge in [-0.2, -0.15) is 0 Å². The molecule has 0 radical (unpaired) electrons. The maximum atomic E-state index is 12.7. The van der Waals surface area contributed by atoms with Crippen molar-refractivity contribution in [3.8, 4) is 11.1 Å². The summed E-state index contributed by atoms with van der Waals surface area (Å²) in [5, 5.41) is 3.24. The predicted octanol–water partition coefficient (Wildman–Crippen LogP) is 5.08. The van der Waals surface area contributed by atoms with E-state index in [0.29, 0.717) is 10.7 Å². The summed E-state index contributed by atoms with van der Waals surface area (Å²) in [7, 11) is -3.82. The number of aryl methyl sites for hydroxylation is 1. The maximum absolute atomic E-state index is 12.7. The Morgan fingerprint density at radius 2 is 1.81 bits per heavy atom. The third-order valence-corrected chi connectivity index (χ3v) is 7.04. The molecular weight excluding hydrogens is 456 g/mol. The number of benzene rings is 2. The fourth-order valence-electron chi connectivity index (χ4n) is 2.91. The van der Waals surface area contributed by atoms with Gasteiger partial charge in [-0.15, -0.1) is 0 Å². The minimum absolute atomic E-state index is 0.0475. The number of hydrogen-bond acceptors (Lipinski definition) is 6. The van der Waals surface area contributed by atoms with Crippen molar-refractivity contribution >= 4 is 59.9 Å². The van der Waals surface area contributed by atoms with Gasteiger partial charge in [-0.1, -0.05) is 46.7 Å². The van der Waals surface area contributed by atoms with E-state index in [1.807, 2.05) is 25.1 Å². The van der Waals surface area contributed by atoms with Crippen molar-refractivity contribution in [2.45, 2.75) is 18.7 Å². The first-order valence-electron chi connectivity index (χ1n) is 9.15. The summed E-state index contributed by atoms with van der Waals surface area (Å²) in [5.74, 6) is -0.188. The predicted molar refractivity (Wildman–Crippen MR) is 124 cm³/mol. The zero-order valence-electron chi connectivity index (χ0n) is 16.5. The van der Waals surface area contributed by atoms with Crippen molar-refractivity contribution in [1.29, 1.82) is 0 Å². The van der Waals surface area contributed by atoms with Crippen molar-refractivity contribution in [1.82, 2.24) is 9.97 Å². The summed E-state index contributed by atoms with van der Waals surface area (Å²) in [4.78, 5) is 19.9. The number of rotatable bonds is 5.